The fourth-order valence-electron chi connectivity index (χ4n) is 2.78. The van der Waals surface area contributed by atoms with E-state index in [1.165, 1.54) is 7.11 Å². The summed E-state index contributed by atoms with van der Waals surface area (Å²) in [6.07, 6.45) is 0. The Balaban J connectivity index is 1.74. The van der Waals surface area contributed by atoms with E-state index in [1.54, 1.807) is 37.3 Å². The van der Waals surface area contributed by atoms with Gasteiger partial charge in [-0.3, -0.25) is 4.79 Å². The number of nitrogens with zero attached hydrogens (tertiary/aromatic N) is 2. The summed E-state index contributed by atoms with van der Waals surface area (Å²) in [5, 5.41) is 5.92. The van der Waals surface area contributed by atoms with Gasteiger partial charge < -0.3 is 15.4 Å². The Morgan fingerprint density at radius 2 is 1.79 bits per heavy atom. The van der Waals surface area contributed by atoms with Gasteiger partial charge in [-0.05, 0) is 49.2 Å². The van der Waals surface area contributed by atoms with E-state index in [0.717, 1.165) is 11.1 Å². The molecule has 2 N–H and O–H groups in total. The van der Waals surface area contributed by atoms with E-state index in [4.69, 9.17) is 4.74 Å². The largest absolute Gasteiger partial charge is 0.465 e. The molecule has 0 bridgehead atoms. The molecule has 0 aliphatic carbocycles. The normalized spacial score (nSPS) is 10.3. The summed E-state index contributed by atoms with van der Waals surface area (Å²) < 4.78 is 4.70. The Kier molecular flexibility index (Phi) is 6.19. The van der Waals surface area contributed by atoms with E-state index in [0.29, 0.717) is 29.4 Å². The summed E-state index contributed by atoms with van der Waals surface area (Å²) in [4.78, 5) is 33.0. The maximum absolute atomic E-state index is 12.7. The molecule has 29 heavy (non-hydrogen) atoms. The topological polar surface area (TPSA) is 93.2 Å². The van der Waals surface area contributed by atoms with E-state index < -0.39 is 11.9 Å². The standard InChI is InChI=1S/C22H22N4O3/c1-14-7-4-5-8-17(14)13-23-22-24-15(2)11-19(26-22)20(27)25-18-10-6-9-16(12-18)21(28)29-3/h4-12H,13H2,1-3H3,(H,25,27)(H,23,24,26). The van der Waals surface area contributed by atoms with Crippen molar-refractivity contribution >= 4 is 23.5 Å². The van der Waals surface area contributed by atoms with Crippen LogP contribution in [0, 0.1) is 13.8 Å². The average Bonchev–Trinajstić information content (AvgIpc) is 2.72. The molecule has 0 aliphatic heterocycles. The summed E-state index contributed by atoms with van der Waals surface area (Å²) in [5.41, 5.74) is 4.02. The van der Waals surface area contributed by atoms with Gasteiger partial charge in [0.15, 0.2) is 0 Å². The summed E-state index contributed by atoms with van der Waals surface area (Å²) in [5.74, 6) is -0.486. The van der Waals surface area contributed by atoms with Gasteiger partial charge in [0.05, 0.1) is 12.7 Å². The van der Waals surface area contributed by atoms with Crippen molar-refractivity contribution in [3.05, 3.63) is 82.7 Å². The number of hydrogen-bond donors (Lipinski definition) is 2. The molecule has 1 heterocycles. The molecular weight excluding hydrogens is 368 g/mol. The molecule has 2 aromatic carbocycles. The Morgan fingerprint density at radius 1 is 1.00 bits per heavy atom. The van der Waals surface area contributed by atoms with Gasteiger partial charge in [-0.1, -0.05) is 30.3 Å². The van der Waals surface area contributed by atoms with Crippen LogP contribution in [0.25, 0.3) is 0 Å². The fraction of sp³-hybridized carbons (Fsp3) is 0.182. The van der Waals surface area contributed by atoms with Crippen molar-refractivity contribution in [3.8, 4) is 0 Å². The Hall–Kier alpha value is -3.74. The summed E-state index contributed by atoms with van der Waals surface area (Å²) in [7, 11) is 1.31. The number of benzene rings is 2. The summed E-state index contributed by atoms with van der Waals surface area (Å²) in [6, 6.07) is 16.2. The molecule has 0 atom stereocenters. The predicted molar refractivity (Wildman–Crippen MR) is 111 cm³/mol. The van der Waals surface area contributed by atoms with Crippen LogP contribution in [0.4, 0.5) is 11.6 Å². The second-order valence-corrected chi connectivity index (χ2v) is 6.52. The number of aromatic nitrogens is 2. The second-order valence-electron chi connectivity index (χ2n) is 6.52. The Labute approximate surface area is 169 Å². The van der Waals surface area contributed by atoms with E-state index >= 15 is 0 Å². The van der Waals surface area contributed by atoms with Gasteiger partial charge in [0.1, 0.15) is 5.69 Å². The molecule has 0 saturated heterocycles. The van der Waals surface area contributed by atoms with Crippen LogP contribution < -0.4 is 10.6 Å². The molecule has 1 aromatic heterocycles. The maximum atomic E-state index is 12.7. The van der Waals surface area contributed by atoms with Crippen LogP contribution in [0.1, 0.15) is 37.7 Å². The number of hydrogen-bond acceptors (Lipinski definition) is 6. The van der Waals surface area contributed by atoms with Gasteiger partial charge in [0.2, 0.25) is 5.95 Å². The van der Waals surface area contributed by atoms with Crippen LogP contribution >= 0.6 is 0 Å². The molecule has 1 amide bonds. The average molecular weight is 390 g/mol. The first-order valence-corrected chi connectivity index (χ1v) is 9.10. The van der Waals surface area contributed by atoms with Crippen molar-refractivity contribution in [3.63, 3.8) is 0 Å². The van der Waals surface area contributed by atoms with Crippen molar-refractivity contribution in [2.45, 2.75) is 20.4 Å². The Bertz CT molecular complexity index is 1050. The first kappa shape index (κ1) is 20.0. The summed E-state index contributed by atoms with van der Waals surface area (Å²) >= 11 is 0. The number of aryl methyl sites for hydroxylation is 2. The lowest BCUT2D eigenvalue weighted by molar-refractivity contribution is 0.0600. The molecule has 0 saturated carbocycles. The highest BCUT2D eigenvalue weighted by atomic mass is 16.5. The third kappa shape index (κ3) is 5.16. The Morgan fingerprint density at radius 3 is 2.55 bits per heavy atom. The molecule has 0 fully saturated rings. The zero-order chi connectivity index (χ0) is 20.8. The number of rotatable bonds is 6. The highest BCUT2D eigenvalue weighted by molar-refractivity contribution is 6.03. The minimum absolute atomic E-state index is 0.230. The molecular formula is C22H22N4O3. The van der Waals surface area contributed by atoms with Crippen molar-refractivity contribution < 1.29 is 14.3 Å². The van der Waals surface area contributed by atoms with Crippen LogP contribution in [-0.2, 0) is 11.3 Å². The number of carbonyl (C=O) groups is 2. The van der Waals surface area contributed by atoms with E-state index in [9.17, 15) is 9.59 Å². The first-order chi connectivity index (χ1) is 14.0. The van der Waals surface area contributed by atoms with Crippen LogP contribution in [0.2, 0.25) is 0 Å². The van der Waals surface area contributed by atoms with Gasteiger partial charge in [-0.15, -0.1) is 0 Å². The molecule has 3 aromatic rings. The maximum Gasteiger partial charge on any atom is 0.337 e. The SMILES string of the molecule is COC(=O)c1cccc(NC(=O)c2cc(C)nc(NCc3ccccc3C)n2)c1. The molecule has 0 spiro atoms. The molecule has 148 valence electrons. The zero-order valence-electron chi connectivity index (χ0n) is 16.5. The van der Waals surface area contributed by atoms with Crippen molar-refractivity contribution in [1.82, 2.24) is 9.97 Å². The van der Waals surface area contributed by atoms with Crippen LogP contribution in [0.3, 0.4) is 0 Å². The van der Waals surface area contributed by atoms with Gasteiger partial charge in [0.25, 0.3) is 5.91 Å². The molecule has 7 nitrogen and oxygen atoms in total. The van der Waals surface area contributed by atoms with E-state index in [1.807, 2.05) is 31.2 Å². The lowest BCUT2D eigenvalue weighted by atomic mass is 10.1. The van der Waals surface area contributed by atoms with Gasteiger partial charge in [0, 0.05) is 17.9 Å². The van der Waals surface area contributed by atoms with Crippen molar-refractivity contribution in [2.75, 3.05) is 17.7 Å². The third-order valence-electron chi connectivity index (χ3n) is 4.33. The predicted octanol–water partition coefficient (Wildman–Crippen LogP) is 3.74. The fourth-order valence-corrected chi connectivity index (χ4v) is 2.78. The lowest BCUT2D eigenvalue weighted by Crippen LogP contribution is -2.16. The number of anilines is 2. The monoisotopic (exact) mass is 390 g/mol. The van der Waals surface area contributed by atoms with Crippen molar-refractivity contribution in [2.24, 2.45) is 0 Å². The number of carbonyl (C=O) groups excluding carboxylic acids is 2. The van der Waals surface area contributed by atoms with Gasteiger partial charge in [-0.25, -0.2) is 14.8 Å². The second kappa shape index (κ2) is 8.97. The highest BCUT2D eigenvalue weighted by Crippen LogP contribution is 2.14. The molecule has 0 unspecified atom stereocenters. The highest BCUT2D eigenvalue weighted by Gasteiger charge is 2.13. The molecule has 0 aliphatic rings. The third-order valence-corrected chi connectivity index (χ3v) is 4.33. The quantitative estimate of drug-likeness (QED) is 0.623. The van der Waals surface area contributed by atoms with Crippen LogP contribution in [0.5, 0.6) is 0 Å². The number of amides is 1. The lowest BCUT2D eigenvalue weighted by Gasteiger charge is -2.10. The zero-order valence-corrected chi connectivity index (χ0v) is 16.5. The summed E-state index contributed by atoms with van der Waals surface area (Å²) in [6.45, 7) is 4.39. The molecule has 7 heteroatoms. The van der Waals surface area contributed by atoms with Gasteiger partial charge >= 0.3 is 5.97 Å². The smallest absolute Gasteiger partial charge is 0.337 e. The number of methoxy groups -OCH3 is 1. The van der Waals surface area contributed by atoms with Crippen LogP contribution in [-0.4, -0.2) is 29.0 Å². The van der Waals surface area contributed by atoms with Crippen molar-refractivity contribution in [1.29, 1.82) is 0 Å². The molecule has 0 radical (unpaired) electrons. The minimum Gasteiger partial charge on any atom is -0.465 e. The molecule has 3 rings (SSSR count). The number of esters is 1. The first-order valence-electron chi connectivity index (χ1n) is 9.10. The van der Waals surface area contributed by atoms with E-state index in [2.05, 4.69) is 20.6 Å². The van der Waals surface area contributed by atoms with Gasteiger partial charge in [-0.2, -0.15) is 0 Å². The van der Waals surface area contributed by atoms with Crippen LogP contribution in [0.15, 0.2) is 54.6 Å². The number of nitrogens with one attached hydrogen (secondary N) is 2. The van der Waals surface area contributed by atoms with E-state index in [-0.39, 0.29) is 5.69 Å². The number of ether oxygens (including phenoxy) is 1. The minimum atomic E-state index is -0.471.